The van der Waals surface area contributed by atoms with E-state index in [0.717, 1.165) is 25.3 Å². The van der Waals surface area contributed by atoms with E-state index in [0.29, 0.717) is 12.1 Å². The van der Waals surface area contributed by atoms with Crippen LogP contribution >= 0.6 is 0 Å². The Bertz CT molecular complexity index is 296. The second-order valence-corrected chi connectivity index (χ2v) is 4.32. The molecule has 4 heteroatoms. The third-order valence-electron chi connectivity index (χ3n) is 2.63. The van der Waals surface area contributed by atoms with Crippen molar-refractivity contribution < 1.29 is 4.74 Å². The monoisotopic (exact) mass is 225 g/mol. The van der Waals surface area contributed by atoms with Gasteiger partial charge in [-0.3, -0.25) is 4.68 Å². The van der Waals surface area contributed by atoms with Gasteiger partial charge in [0.15, 0.2) is 0 Å². The van der Waals surface area contributed by atoms with Crippen molar-refractivity contribution in [1.29, 1.82) is 0 Å². The van der Waals surface area contributed by atoms with Gasteiger partial charge in [0.05, 0.1) is 12.3 Å². The normalized spacial score (nSPS) is 13.3. The largest absolute Gasteiger partial charge is 0.383 e. The van der Waals surface area contributed by atoms with E-state index < -0.39 is 0 Å². The molecule has 0 amide bonds. The number of nitrogens with zero attached hydrogens (tertiary/aromatic N) is 2. The highest BCUT2D eigenvalue weighted by Crippen LogP contribution is 2.04. The van der Waals surface area contributed by atoms with Gasteiger partial charge >= 0.3 is 0 Å². The zero-order valence-electron chi connectivity index (χ0n) is 10.7. The summed E-state index contributed by atoms with van der Waals surface area (Å²) in [4.78, 5) is 0. The lowest BCUT2D eigenvalue weighted by atomic mass is 10.2. The summed E-state index contributed by atoms with van der Waals surface area (Å²) in [5, 5.41) is 7.93. The third-order valence-corrected chi connectivity index (χ3v) is 2.63. The van der Waals surface area contributed by atoms with Crippen molar-refractivity contribution in [2.75, 3.05) is 13.7 Å². The predicted octanol–water partition coefficient (Wildman–Crippen LogP) is 1.98. The Morgan fingerprint density at radius 2 is 2.25 bits per heavy atom. The van der Waals surface area contributed by atoms with Crippen molar-refractivity contribution in [2.24, 2.45) is 0 Å². The summed E-state index contributed by atoms with van der Waals surface area (Å²) < 4.78 is 7.12. The molecule has 92 valence electrons. The maximum atomic E-state index is 5.14. The van der Waals surface area contributed by atoms with E-state index in [-0.39, 0.29) is 0 Å². The summed E-state index contributed by atoms with van der Waals surface area (Å²) in [7, 11) is 1.73. The van der Waals surface area contributed by atoms with Crippen molar-refractivity contribution in [1.82, 2.24) is 15.1 Å². The van der Waals surface area contributed by atoms with Gasteiger partial charge in [-0.05, 0) is 26.3 Å². The van der Waals surface area contributed by atoms with Crippen LogP contribution in [0, 0.1) is 0 Å². The van der Waals surface area contributed by atoms with Crippen LogP contribution in [0.25, 0.3) is 0 Å². The van der Waals surface area contributed by atoms with Crippen LogP contribution in [0.3, 0.4) is 0 Å². The number of methoxy groups -OCH3 is 1. The number of aromatic nitrogens is 2. The lowest BCUT2D eigenvalue weighted by Crippen LogP contribution is -2.32. The van der Waals surface area contributed by atoms with Crippen LogP contribution in [0.15, 0.2) is 12.3 Å². The number of hydrogen-bond acceptors (Lipinski definition) is 3. The predicted molar refractivity (Wildman–Crippen MR) is 65.4 cm³/mol. The summed E-state index contributed by atoms with van der Waals surface area (Å²) in [6, 6.07) is 2.90. The van der Waals surface area contributed by atoms with Crippen LogP contribution in [0.4, 0.5) is 0 Å². The average molecular weight is 225 g/mol. The number of rotatable bonds is 7. The first kappa shape index (κ1) is 13.2. The Labute approximate surface area is 98.0 Å². The molecule has 1 N–H and O–H groups in total. The molecule has 1 aromatic heterocycles. The quantitative estimate of drug-likeness (QED) is 0.771. The van der Waals surface area contributed by atoms with Crippen molar-refractivity contribution in [3.8, 4) is 0 Å². The molecule has 0 radical (unpaired) electrons. The first-order valence-corrected chi connectivity index (χ1v) is 5.93. The zero-order chi connectivity index (χ0) is 12.0. The summed E-state index contributed by atoms with van der Waals surface area (Å²) in [6.45, 7) is 7.97. The molecule has 0 aliphatic carbocycles. The van der Waals surface area contributed by atoms with Crippen molar-refractivity contribution >= 4 is 0 Å². The van der Waals surface area contributed by atoms with E-state index in [1.165, 1.54) is 0 Å². The minimum atomic E-state index is 0.411. The molecule has 0 aliphatic heterocycles. The van der Waals surface area contributed by atoms with Crippen LogP contribution < -0.4 is 5.32 Å². The van der Waals surface area contributed by atoms with Gasteiger partial charge in [-0.2, -0.15) is 5.10 Å². The molecule has 0 saturated carbocycles. The van der Waals surface area contributed by atoms with E-state index in [9.17, 15) is 0 Å². The zero-order valence-corrected chi connectivity index (χ0v) is 10.7. The molecule has 0 aromatic carbocycles. The molecule has 0 spiro atoms. The lowest BCUT2D eigenvalue weighted by molar-refractivity contribution is 0.163. The second kappa shape index (κ2) is 6.66. The minimum absolute atomic E-state index is 0.411. The Kier molecular flexibility index (Phi) is 5.49. The summed E-state index contributed by atoms with van der Waals surface area (Å²) in [5.41, 5.74) is 1.09. The van der Waals surface area contributed by atoms with Gasteiger partial charge < -0.3 is 10.1 Å². The number of hydrogen-bond donors (Lipinski definition) is 1. The molecule has 1 unspecified atom stereocenters. The highest BCUT2D eigenvalue weighted by molar-refractivity contribution is 4.99. The van der Waals surface area contributed by atoms with Crippen LogP contribution in [-0.4, -0.2) is 29.5 Å². The standard InChI is InChI=1S/C12H23N3O/c1-5-11(9-16-4)13-8-12-6-7-15(14-12)10(2)3/h6-7,10-11,13H,5,8-9H2,1-4H3. The van der Waals surface area contributed by atoms with Crippen molar-refractivity contribution in [2.45, 2.75) is 45.8 Å². The Hall–Kier alpha value is -0.870. The van der Waals surface area contributed by atoms with E-state index in [1.54, 1.807) is 7.11 Å². The lowest BCUT2D eigenvalue weighted by Gasteiger charge is -2.14. The molecule has 16 heavy (non-hydrogen) atoms. The number of ether oxygens (including phenoxy) is 1. The molecular weight excluding hydrogens is 202 g/mol. The smallest absolute Gasteiger partial charge is 0.0762 e. The molecule has 0 fully saturated rings. The molecule has 0 aliphatic rings. The topological polar surface area (TPSA) is 39.1 Å². The fourth-order valence-electron chi connectivity index (χ4n) is 1.53. The van der Waals surface area contributed by atoms with Crippen molar-refractivity contribution in [3.63, 3.8) is 0 Å². The van der Waals surface area contributed by atoms with Gasteiger partial charge in [-0.1, -0.05) is 6.92 Å². The van der Waals surface area contributed by atoms with Gasteiger partial charge in [-0.15, -0.1) is 0 Å². The summed E-state index contributed by atoms with van der Waals surface area (Å²) in [6.07, 6.45) is 3.09. The molecule has 1 rings (SSSR count). The Morgan fingerprint density at radius 3 is 2.75 bits per heavy atom. The Morgan fingerprint density at radius 1 is 1.50 bits per heavy atom. The van der Waals surface area contributed by atoms with Gasteiger partial charge in [-0.25, -0.2) is 0 Å². The molecular formula is C12H23N3O. The highest BCUT2D eigenvalue weighted by Gasteiger charge is 2.06. The first-order valence-electron chi connectivity index (χ1n) is 5.93. The van der Waals surface area contributed by atoms with Gasteiger partial charge in [0.25, 0.3) is 0 Å². The van der Waals surface area contributed by atoms with Crippen LogP contribution in [-0.2, 0) is 11.3 Å². The highest BCUT2D eigenvalue weighted by atomic mass is 16.5. The molecule has 1 heterocycles. The van der Waals surface area contributed by atoms with E-state index in [1.807, 2.05) is 10.9 Å². The summed E-state index contributed by atoms with van der Waals surface area (Å²) in [5.74, 6) is 0. The minimum Gasteiger partial charge on any atom is -0.383 e. The van der Waals surface area contributed by atoms with E-state index in [4.69, 9.17) is 4.74 Å². The van der Waals surface area contributed by atoms with Gasteiger partial charge in [0.1, 0.15) is 0 Å². The molecule has 1 aromatic rings. The fraction of sp³-hybridized carbons (Fsp3) is 0.750. The van der Waals surface area contributed by atoms with Crippen LogP contribution in [0.1, 0.15) is 38.9 Å². The van der Waals surface area contributed by atoms with E-state index in [2.05, 4.69) is 37.3 Å². The van der Waals surface area contributed by atoms with Crippen LogP contribution in [0.2, 0.25) is 0 Å². The SMILES string of the molecule is CCC(COC)NCc1ccn(C(C)C)n1. The third kappa shape index (κ3) is 3.94. The average Bonchev–Trinajstić information content (AvgIpc) is 2.73. The molecule has 0 saturated heterocycles. The molecule has 1 atom stereocenters. The molecule has 0 bridgehead atoms. The van der Waals surface area contributed by atoms with Crippen LogP contribution in [0.5, 0.6) is 0 Å². The fourth-order valence-corrected chi connectivity index (χ4v) is 1.53. The van der Waals surface area contributed by atoms with Crippen molar-refractivity contribution in [3.05, 3.63) is 18.0 Å². The summed E-state index contributed by atoms with van der Waals surface area (Å²) >= 11 is 0. The maximum absolute atomic E-state index is 5.14. The second-order valence-electron chi connectivity index (χ2n) is 4.32. The first-order chi connectivity index (χ1) is 7.67. The molecule has 4 nitrogen and oxygen atoms in total. The van der Waals surface area contributed by atoms with Gasteiger partial charge in [0.2, 0.25) is 0 Å². The maximum Gasteiger partial charge on any atom is 0.0762 e. The number of nitrogens with one attached hydrogen (secondary N) is 1. The van der Waals surface area contributed by atoms with Gasteiger partial charge in [0, 0.05) is 31.9 Å². The van der Waals surface area contributed by atoms with E-state index >= 15 is 0 Å². The Balaban J connectivity index is 2.41.